The first kappa shape index (κ1) is 15.2. The Labute approximate surface area is 133 Å². The fourth-order valence-corrected chi connectivity index (χ4v) is 3.75. The number of aliphatic imine (C=N–C) groups is 1. The van der Waals surface area contributed by atoms with Gasteiger partial charge in [0, 0.05) is 30.6 Å². The van der Waals surface area contributed by atoms with Crippen molar-refractivity contribution in [1.82, 2.24) is 9.29 Å². The molecular weight excluding hydrogens is 326 g/mol. The minimum atomic E-state index is -3.44. The Morgan fingerprint density at radius 2 is 2.23 bits per heavy atom. The third kappa shape index (κ3) is 2.66. The Bertz CT molecular complexity index is 871. The smallest absolute Gasteiger partial charge is 0.236 e. The first-order chi connectivity index (χ1) is 10.4. The summed E-state index contributed by atoms with van der Waals surface area (Å²) in [7, 11) is -1.92. The van der Waals surface area contributed by atoms with Crippen LogP contribution in [0.25, 0.3) is 10.9 Å². The number of rotatable bonds is 4. The third-order valence-electron chi connectivity index (χ3n) is 3.57. The number of aromatic nitrogens is 1. The van der Waals surface area contributed by atoms with Crippen molar-refractivity contribution in [2.24, 2.45) is 4.99 Å². The van der Waals surface area contributed by atoms with E-state index in [2.05, 4.69) is 10.3 Å². The Balaban J connectivity index is 2.24. The van der Waals surface area contributed by atoms with E-state index in [1.54, 1.807) is 18.3 Å². The summed E-state index contributed by atoms with van der Waals surface area (Å²) >= 11 is 6.35. The van der Waals surface area contributed by atoms with Gasteiger partial charge in [0.1, 0.15) is 11.6 Å². The molecule has 0 saturated carbocycles. The van der Waals surface area contributed by atoms with E-state index < -0.39 is 10.0 Å². The molecule has 0 amide bonds. The maximum Gasteiger partial charge on any atom is 0.236 e. The fraction of sp³-hybridized carbons (Fsp3) is 0.357. The second kappa shape index (κ2) is 5.48. The van der Waals surface area contributed by atoms with Gasteiger partial charge in [-0.1, -0.05) is 11.6 Å². The van der Waals surface area contributed by atoms with Gasteiger partial charge in [0.2, 0.25) is 10.0 Å². The molecule has 8 heteroatoms. The van der Waals surface area contributed by atoms with E-state index >= 15 is 0 Å². The molecule has 0 radical (unpaired) electrons. The predicted molar refractivity (Wildman–Crippen MR) is 87.8 cm³/mol. The van der Waals surface area contributed by atoms with Crippen LogP contribution in [0.4, 0.5) is 0 Å². The van der Waals surface area contributed by atoms with E-state index in [-0.39, 0.29) is 0 Å². The van der Waals surface area contributed by atoms with E-state index in [0.29, 0.717) is 28.1 Å². The van der Waals surface area contributed by atoms with Crippen molar-refractivity contribution < 1.29 is 13.2 Å². The molecule has 1 aromatic carbocycles. The molecule has 0 atom stereocenters. The summed E-state index contributed by atoms with van der Waals surface area (Å²) in [5, 5.41) is 4.36. The lowest BCUT2D eigenvalue weighted by molar-refractivity contribution is 0.415. The molecule has 1 aromatic heterocycles. The molecule has 22 heavy (non-hydrogen) atoms. The highest BCUT2D eigenvalue weighted by molar-refractivity contribution is 7.89. The first-order valence-corrected chi connectivity index (χ1v) is 8.98. The molecule has 0 aliphatic carbocycles. The van der Waals surface area contributed by atoms with Crippen LogP contribution in [-0.4, -0.2) is 44.7 Å². The maximum atomic E-state index is 12.0. The number of nitrogens with one attached hydrogen (secondary N) is 1. The quantitative estimate of drug-likeness (QED) is 0.917. The second-order valence-electron chi connectivity index (χ2n) is 5.15. The number of amidine groups is 1. The zero-order valence-corrected chi connectivity index (χ0v) is 13.8. The van der Waals surface area contributed by atoms with Gasteiger partial charge < -0.3 is 10.1 Å². The fourth-order valence-electron chi connectivity index (χ4n) is 2.61. The number of nitrogens with zero attached hydrogens (tertiary/aromatic N) is 2. The number of hydrogen-bond donors (Lipinski definition) is 1. The van der Waals surface area contributed by atoms with Crippen molar-refractivity contribution in [3.8, 4) is 5.75 Å². The van der Waals surface area contributed by atoms with Crippen LogP contribution in [0.15, 0.2) is 23.3 Å². The summed E-state index contributed by atoms with van der Waals surface area (Å²) in [5.41, 5.74) is 1.33. The zero-order valence-electron chi connectivity index (χ0n) is 12.3. The Morgan fingerprint density at radius 1 is 1.45 bits per heavy atom. The summed E-state index contributed by atoms with van der Waals surface area (Å²) in [6.45, 7) is 1.54. The molecule has 1 N–H and O–H groups in total. The number of ether oxygens (including phenoxy) is 1. The lowest BCUT2D eigenvalue weighted by atomic mass is 10.1. The number of benzene rings is 1. The summed E-state index contributed by atoms with van der Waals surface area (Å²) in [6, 6.07) is 3.36. The van der Waals surface area contributed by atoms with Gasteiger partial charge in [-0.25, -0.2) is 12.4 Å². The van der Waals surface area contributed by atoms with Crippen molar-refractivity contribution in [2.75, 3.05) is 26.5 Å². The molecule has 2 heterocycles. The van der Waals surface area contributed by atoms with Gasteiger partial charge in [-0.3, -0.25) is 4.99 Å². The van der Waals surface area contributed by atoms with Crippen LogP contribution in [-0.2, 0) is 16.4 Å². The van der Waals surface area contributed by atoms with Gasteiger partial charge in [-0.15, -0.1) is 0 Å². The predicted octanol–water partition coefficient (Wildman–Crippen LogP) is 1.66. The Hall–Kier alpha value is -1.73. The molecule has 2 aromatic rings. The molecule has 3 rings (SSSR count). The number of methoxy groups -OCH3 is 1. The van der Waals surface area contributed by atoms with Gasteiger partial charge in [0.05, 0.1) is 30.4 Å². The van der Waals surface area contributed by atoms with E-state index in [1.807, 2.05) is 0 Å². The van der Waals surface area contributed by atoms with Gasteiger partial charge in [-0.05, 0) is 11.6 Å². The molecule has 0 fully saturated rings. The largest absolute Gasteiger partial charge is 0.497 e. The van der Waals surface area contributed by atoms with Crippen LogP contribution >= 0.6 is 11.6 Å². The second-order valence-corrected chi connectivity index (χ2v) is 7.42. The summed E-state index contributed by atoms with van der Waals surface area (Å²) in [5.74, 6) is 1.36. The molecule has 0 unspecified atom stereocenters. The minimum absolute atomic E-state index is 0.463. The number of fused-ring (bicyclic) bond motifs is 1. The number of halogens is 1. The molecular formula is C14H16ClN3O3S. The molecule has 0 saturated heterocycles. The van der Waals surface area contributed by atoms with E-state index in [9.17, 15) is 8.42 Å². The van der Waals surface area contributed by atoms with Gasteiger partial charge >= 0.3 is 0 Å². The molecule has 1 aliphatic rings. The van der Waals surface area contributed by atoms with E-state index in [0.717, 1.165) is 30.7 Å². The molecule has 1 aliphatic heterocycles. The van der Waals surface area contributed by atoms with Crippen molar-refractivity contribution in [2.45, 2.75) is 6.42 Å². The first-order valence-electron chi connectivity index (χ1n) is 6.75. The van der Waals surface area contributed by atoms with Crippen LogP contribution in [0.1, 0.15) is 5.56 Å². The maximum absolute atomic E-state index is 12.0. The van der Waals surface area contributed by atoms with Crippen LogP contribution in [0.5, 0.6) is 5.75 Å². The SMILES string of the molecule is COc1cc(Cl)c2c(CC3=NCCN3)cn(S(C)(=O)=O)c2c1. The topological polar surface area (TPSA) is 72.7 Å². The third-order valence-corrected chi connectivity index (χ3v) is 4.88. The van der Waals surface area contributed by atoms with Crippen LogP contribution in [0, 0.1) is 0 Å². The van der Waals surface area contributed by atoms with Crippen LogP contribution in [0.2, 0.25) is 5.02 Å². The molecule has 6 nitrogen and oxygen atoms in total. The standard InChI is InChI=1S/C14H16ClN3O3S/c1-21-10-6-11(15)14-9(5-13-16-3-4-17-13)8-18(12(14)7-10)22(2,19)20/h6-8H,3-5H2,1-2H3,(H,16,17). The number of hydrogen-bond acceptors (Lipinski definition) is 5. The van der Waals surface area contributed by atoms with Crippen LogP contribution < -0.4 is 10.1 Å². The monoisotopic (exact) mass is 341 g/mol. The summed E-state index contributed by atoms with van der Waals surface area (Å²) < 4.78 is 30.5. The van der Waals surface area contributed by atoms with Crippen molar-refractivity contribution in [3.63, 3.8) is 0 Å². The van der Waals surface area contributed by atoms with E-state index in [1.165, 1.54) is 11.1 Å². The van der Waals surface area contributed by atoms with Gasteiger partial charge in [0.15, 0.2) is 0 Å². The highest BCUT2D eigenvalue weighted by atomic mass is 35.5. The molecule has 0 bridgehead atoms. The average molecular weight is 342 g/mol. The van der Waals surface area contributed by atoms with Crippen molar-refractivity contribution >= 4 is 38.4 Å². The lowest BCUT2D eigenvalue weighted by Crippen LogP contribution is -2.20. The van der Waals surface area contributed by atoms with E-state index in [4.69, 9.17) is 16.3 Å². The van der Waals surface area contributed by atoms with Crippen molar-refractivity contribution in [3.05, 3.63) is 28.9 Å². The zero-order chi connectivity index (χ0) is 15.9. The average Bonchev–Trinajstić information content (AvgIpc) is 3.06. The van der Waals surface area contributed by atoms with Crippen LogP contribution in [0.3, 0.4) is 0 Å². The summed E-state index contributed by atoms with van der Waals surface area (Å²) in [6.07, 6.45) is 3.29. The lowest BCUT2D eigenvalue weighted by Gasteiger charge is -2.06. The molecule has 118 valence electrons. The molecule has 0 spiro atoms. The highest BCUT2D eigenvalue weighted by Crippen LogP contribution is 2.34. The highest BCUT2D eigenvalue weighted by Gasteiger charge is 2.20. The minimum Gasteiger partial charge on any atom is -0.497 e. The van der Waals surface area contributed by atoms with Gasteiger partial charge in [0.25, 0.3) is 0 Å². The Kier molecular flexibility index (Phi) is 3.78. The summed E-state index contributed by atoms with van der Waals surface area (Å²) in [4.78, 5) is 4.35. The van der Waals surface area contributed by atoms with Crippen molar-refractivity contribution in [1.29, 1.82) is 0 Å². The normalized spacial score (nSPS) is 15.0. The Morgan fingerprint density at radius 3 is 2.82 bits per heavy atom. The van der Waals surface area contributed by atoms with Gasteiger partial charge in [-0.2, -0.15) is 0 Å².